The minimum Gasteiger partial charge on any atom is -0.482 e. The van der Waals surface area contributed by atoms with E-state index < -0.39 is 12.2 Å². The van der Waals surface area contributed by atoms with Crippen LogP contribution < -0.4 is 0 Å². The number of nitrogens with zero attached hydrogens (tertiary/aromatic N) is 8. The van der Waals surface area contributed by atoms with Crippen LogP contribution in [0.5, 0.6) is 0 Å². The Kier molecular flexibility index (Phi) is 17.2. The zero-order valence-electron chi connectivity index (χ0n) is 67.5. The molecule has 14 nitrogen and oxygen atoms in total. The van der Waals surface area contributed by atoms with Crippen molar-refractivity contribution < 1.29 is 27.1 Å². The van der Waals surface area contributed by atoms with E-state index in [1.165, 1.54) is 0 Å². The van der Waals surface area contributed by atoms with Gasteiger partial charge in [-0.05, 0) is 164 Å². The first-order valence-electron chi connectivity index (χ1n) is 41.9. The average Bonchev–Trinajstić information content (AvgIpc) is 1.60. The van der Waals surface area contributed by atoms with E-state index in [0.717, 1.165) is 252 Å². The molecule has 0 N–H and O–H groups in total. The first-order valence-corrected chi connectivity index (χ1v) is 45.4. The zero-order chi connectivity index (χ0) is 84.0. The number of ether oxygens (including phenoxy) is 2. The summed E-state index contributed by atoms with van der Waals surface area (Å²) in [6, 6.07) is 89.9. The van der Waals surface area contributed by atoms with Crippen molar-refractivity contribution in [2.75, 3.05) is 0 Å². The van der Waals surface area contributed by atoms with E-state index in [1.54, 1.807) is 57.7 Å². The molecular formula is C110H62N8O6S4. The normalized spacial score (nSPS) is 13.8. The molecule has 2 atom stereocenters. The van der Waals surface area contributed by atoms with Gasteiger partial charge in [-0.3, -0.25) is 19.9 Å². The highest BCUT2D eigenvalue weighted by molar-refractivity contribution is 7.14. The van der Waals surface area contributed by atoms with Crippen LogP contribution in [0.4, 0.5) is 0 Å². The SMILES string of the molecule is C1=C(c2cc(-c3ccc4oc5c(-c6ccccc6-c6nccs6)cncc5c4c3)cc(-c3cc(-c4cccnc4)c4oc5c(-c6ccccc6-c6nccs6)cccc5c4c3)c2)OC2C=C(c3cc(-c4ccc5oc6c(-c7ccccc7-c7nccs7)cncc6c5c4)cc(-c4cc(-c5cccnc5)c5oc6c(-c7ccccc7-c7nccs7)cccc6c5c4)c3)OC12. The average molecular weight is 1720 g/mol. The van der Waals surface area contributed by atoms with Gasteiger partial charge in [-0.15, -0.1) is 45.3 Å². The lowest BCUT2D eigenvalue weighted by Gasteiger charge is -2.14. The molecule has 0 radical (unpaired) electrons. The number of benzene rings is 12. The molecule has 24 aromatic rings. The van der Waals surface area contributed by atoms with Crippen molar-refractivity contribution in [3.63, 3.8) is 0 Å². The van der Waals surface area contributed by atoms with Gasteiger partial charge in [-0.2, -0.15) is 0 Å². The fourth-order valence-electron chi connectivity index (χ4n) is 18.8. The number of hydrogen-bond donors (Lipinski definition) is 0. The lowest BCUT2D eigenvalue weighted by molar-refractivity contribution is 0.128. The van der Waals surface area contributed by atoms with E-state index in [0.29, 0.717) is 11.5 Å². The Morgan fingerprint density at radius 2 is 0.539 bits per heavy atom. The summed E-state index contributed by atoms with van der Waals surface area (Å²) in [5.41, 5.74) is 31.0. The Balaban J connectivity index is 0.625. The van der Waals surface area contributed by atoms with E-state index in [9.17, 15) is 0 Å². The Morgan fingerprint density at radius 3 is 0.914 bits per heavy atom. The predicted octanol–water partition coefficient (Wildman–Crippen LogP) is 30.2. The van der Waals surface area contributed by atoms with Gasteiger partial charge in [-0.1, -0.05) is 158 Å². The van der Waals surface area contributed by atoms with Gasteiger partial charge in [0.05, 0.1) is 0 Å². The van der Waals surface area contributed by atoms with Gasteiger partial charge in [0.25, 0.3) is 0 Å². The molecule has 0 amide bonds. The summed E-state index contributed by atoms with van der Waals surface area (Å²) in [4.78, 5) is 38.2. The summed E-state index contributed by atoms with van der Waals surface area (Å²) in [7, 11) is 0. The molecule has 0 spiro atoms. The van der Waals surface area contributed by atoms with Crippen LogP contribution in [0.25, 0.3) is 253 Å². The van der Waals surface area contributed by atoms with Gasteiger partial charge in [-0.25, -0.2) is 19.9 Å². The molecule has 12 aromatic carbocycles. The first kappa shape index (κ1) is 73.6. The van der Waals surface area contributed by atoms with Gasteiger partial charge in [0.2, 0.25) is 0 Å². The Morgan fingerprint density at radius 1 is 0.203 bits per heavy atom. The van der Waals surface area contributed by atoms with Crippen molar-refractivity contribution in [2.24, 2.45) is 0 Å². The molecule has 0 aliphatic carbocycles. The summed E-state index contributed by atoms with van der Waals surface area (Å²) in [5, 5.41) is 19.3. The molecule has 2 aliphatic rings. The van der Waals surface area contributed by atoms with Gasteiger partial charge >= 0.3 is 0 Å². The molecule has 12 aromatic heterocycles. The summed E-state index contributed by atoms with van der Waals surface area (Å²) in [5.74, 6) is 1.37. The monoisotopic (exact) mass is 1720 g/mol. The standard InChI is InChI=1S/C110H62N8O6S4/c1-5-19-81(107-115-33-37-125-107)73(15-1)77-23-9-25-79-89-51-69(49-85(103(89)123-101(77)79)63-13-11-31-111-55-63)67-41-65(61-27-29-95-87(47-61)93-59-113-57-91(105(93)121-95)75-17-3-7-21-83(75)109-117-35-39-127-109)43-71(45-67)97-53-99-100(119-97)54-98(120-99)72-44-66(62-28-30-96-88(48-62)94-60-114-58-92(106(94)122-96)76-18-4-8-22-84(76)110-118-36-40-128-110)42-68(46-72)70-50-86(64-14-12-32-112-56-64)104-90(52-70)80-26-10-24-78(102(80)124-104)74-16-2-6-20-82(74)108-116-34-38-126-108/h1-60,99-100H. The largest absolute Gasteiger partial charge is 0.482 e. The van der Waals surface area contributed by atoms with Crippen LogP contribution in [0, 0.1) is 0 Å². The van der Waals surface area contributed by atoms with Crippen molar-refractivity contribution >= 4 is 145 Å². The fraction of sp³-hybridized carbons (Fsp3) is 0.0182. The Labute approximate surface area is 745 Å². The third kappa shape index (κ3) is 12.3. The minimum atomic E-state index is -0.507. The first-order chi connectivity index (χ1) is 63.4. The number of para-hydroxylation sites is 2. The molecule has 2 aliphatic heterocycles. The van der Waals surface area contributed by atoms with Crippen LogP contribution in [-0.4, -0.2) is 52.1 Å². The number of fused-ring (bicyclic) bond motifs is 13. The van der Waals surface area contributed by atoms with E-state index >= 15 is 0 Å². The van der Waals surface area contributed by atoms with Crippen molar-refractivity contribution in [1.29, 1.82) is 0 Å². The van der Waals surface area contributed by atoms with E-state index in [2.05, 4.69) is 253 Å². The number of rotatable bonds is 16. The van der Waals surface area contributed by atoms with Gasteiger partial charge < -0.3 is 27.1 Å². The van der Waals surface area contributed by atoms with Crippen molar-refractivity contribution in [1.82, 2.24) is 39.9 Å². The van der Waals surface area contributed by atoms with Crippen molar-refractivity contribution in [2.45, 2.75) is 12.2 Å². The number of thiazole rings is 4. The summed E-state index contributed by atoms with van der Waals surface area (Å²) in [6.07, 6.45) is 25.7. The highest BCUT2D eigenvalue weighted by atomic mass is 32.1. The van der Waals surface area contributed by atoms with Crippen LogP contribution >= 0.6 is 45.3 Å². The second kappa shape index (κ2) is 29.9. The lowest BCUT2D eigenvalue weighted by Crippen LogP contribution is -2.15. The third-order valence-electron chi connectivity index (χ3n) is 24.7. The number of pyridine rings is 4. The molecule has 26 rings (SSSR count). The lowest BCUT2D eigenvalue weighted by atomic mass is 9.91. The van der Waals surface area contributed by atoms with E-state index in [4.69, 9.17) is 57.0 Å². The summed E-state index contributed by atoms with van der Waals surface area (Å²) < 4.78 is 43.1. The quantitative estimate of drug-likeness (QED) is 0.0893. The van der Waals surface area contributed by atoms with E-state index in [-0.39, 0.29) is 0 Å². The molecule has 18 heteroatoms. The Hall–Kier alpha value is -16.0. The zero-order valence-corrected chi connectivity index (χ0v) is 70.7. The summed E-state index contributed by atoms with van der Waals surface area (Å²) in [6.45, 7) is 0. The molecule has 128 heavy (non-hydrogen) atoms. The molecule has 0 saturated carbocycles. The molecule has 0 bridgehead atoms. The molecule has 2 unspecified atom stereocenters. The maximum absolute atomic E-state index is 7.37. The van der Waals surface area contributed by atoms with Crippen LogP contribution in [0.1, 0.15) is 11.1 Å². The number of aromatic nitrogens is 8. The van der Waals surface area contributed by atoms with Crippen LogP contribution in [-0.2, 0) is 9.47 Å². The topological polar surface area (TPSA) is 174 Å². The smallest absolute Gasteiger partial charge is 0.161 e. The third-order valence-corrected chi connectivity index (χ3v) is 27.9. The molecular weight excluding hydrogens is 1660 g/mol. The second-order valence-electron chi connectivity index (χ2n) is 32.0. The van der Waals surface area contributed by atoms with Crippen LogP contribution in [0.3, 0.4) is 0 Å². The second-order valence-corrected chi connectivity index (χ2v) is 35.5. The fourth-order valence-corrected chi connectivity index (χ4v) is 21.5. The molecule has 0 fully saturated rings. The number of furan rings is 4. The van der Waals surface area contributed by atoms with Crippen LogP contribution in [0.15, 0.2) is 380 Å². The minimum absolute atomic E-state index is 0.507. The van der Waals surface area contributed by atoms with Gasteiger partial charge in [0.15, 0.2) is 12.2 Å². The highest BCUT2D eigenvalue weighted by Gasteiger charge is 2.38. The van der Waals surface area contributed by atoms with Gasteiger partial charge in [0, 0.05) is 229 Å². The maximum Gasteiger partial charge on any atom is 0.161 e. The van der Waals surface area contributed by atoms with Gasteiger partial charge in [0.1, 0.15) is 76.2 Å². The number of hydrogen-bond acceptors (Lipinski definition) is 18. The molecule has 602 valence electrons. The molecule has 14 heterocycles. The molecule has 0 saturated heterocycles. The highest BCUT2D eigenvalue weighted by Crippen LogP contribution is 2.52. The van der Waals surface area contributed by atoms with Crippen molar-refractivity contribution in [3.05, 3.63) is 374 Å². The Bertz CT molecular complexity index is 8170. The maximum atomic E-state index is 7.37. The van der Waals surface area contributed by atoms with E-state index in [1.807, 2.05) is 108 Å². The van der Waals surface area contributed by atoms with Crippen molar-refractivity contribution in [3.8, 4) is 154 Å². The summed E-state index contributed by atoms with van der Waals surface area (Å²) >= 11 is 6.45. The predicted molar refractivity (Wildman–Crippen MR) is 518 cm³/mol. The van der Waals surface area contributed by atoms with Crippen LogP contribution in [0.2, 0.25) is 0 Å².